The Bertz CT molecular complexity index is 1520. The van der Waals surface area contributed by atoms with Crippen molar-refractivity contribution in [3.63, 3.8) is 0 Å². The third-order valence-electron chi connectivity index (χ3n) is 7.02. The van der Waals surface area contributed by atoms with Crippen LogP contribution in [0.3, 0.4) is 0 Å². The number of carbonyl (C=O) groups excluding carboxylic acids is 1. The lowest BCUT2D eigenvalue weighted by atomic mass is 9.86. The molecule has 0 saturated carbocycles. The second-order valence-corrected chi connectivity index (χ2v) is 13.6. The van der Waals surface area contributed by atoms with Gasteiger partial charge in [0, 0.05) is 26.2 Å². The van der Waals surface area contributed by atoms with Gasteiger partial charge in [0.2, 0.25) is 11.9 Å². The Balaban J connectivity index is 1.63. The average Bonchev–Trinajstić information content (AvgIpc) is 2.92. The minimum atomic E-state index is -3.65. The van der Waals surface area contributed by atoms with Gasteiger partial charge in [0.05, 0.1) is 28.9 Å². The number of rotatable bonds is 9. The number of carbonyl (C=O) groups is 1. The van der Waals surface area contributed by atoms with Gasteiger partial charge in [0.25, 0.3) is 0 Å². The number of hydrogen-bond donors (Lipinski definition) is 2. The summed E-state index contributed by atoms with van der Waals surface area (Å²) in [5.41, 5.74) is 3.26. The van der Waals surface area contributed by atoms with Crippen molar-refractivity contribution in [3.8, 4) is 5.75 Å². The van der Waals surface area contributed by atoms with Crippen LogP contribution in [-0.4, -0.2) is 58.6 Å². The van der Waals surface area contributed by atoms with Crippen molar-refractivity contribution in [2.24, 2.45) is 0 Å². The molecular formula is C29H37ClN6O4S. The maximum atomic E-state index is 12.9. The molecule has 4 rings (SSSR count). The monoisotopic (exact) mass is 600 g/mol. The van der Waals surface area contributed by atoms with Crippen molar-refractivity contribution >= 4 is 50.5 Å². The first-order chi connectivity index (χ1) is 19.4. The van der Waals surface area contributed by atoms with E-state index in [9.17, 15) is 13.2 Å². The van der Waals surface area contributed by atoms with Crippen molar-refractivity contribution in [1.82, 2.24) is 19.9 Å². The molecular weight excluding hydrogens is 564 g/mol. The highest BCUT2D eigenvalue weighted by Gasteiger charge is 2.26. The molecule has 0 unspecified atom stereocenters. The van der Waals surface area contributed by atoms with Gasteiger partial charge < -0.3 is 20.3 Å². The van der Waals surface area contributed by atoms with Crippen LogP contribution in [0.4, 0.5) is 23.1 Å². The van der Waals surface area contributed by atoms with Crippen molar-refractivity contribution in [2.45, 2.75) is 76.7 Å². The summed E-state index contributed by atoms with van der Waals surface area (Å²) in [6.07, 6.45) is 4.60. The number of nitrogens with one attached hydrogen (secondary N) is 2. The molecule has 12 heteroatoms. The third-order valence-corrected chi connectivity index (χ3v) is 9.40. The molecule has 220 valence electrons. The van der Waals surface area contributed by atoms with Gasteiger partial charge in [0.1, 0.15) is 10.8 Å². The molecule has 0 aliphatic carbocycles. The Morgan fingerprint density at radius 3 is 2.44 bits per heavy atom. The van der Waals surface area contributed by atoms with Gasteiger partial charge >= 0.3 is 0 Å². The van der Waals surface area contributed by atoms with Crippen LogP contribution in [0.5, 0.6) is 5.75 Å². The fourth-order valence-electron chi connectivity index (χ4n) is 4.80. The van der Waals surface area contributed by atoms with Crippen molar-refractivity contribution < 1.29 is 17.9 Å². The molecule has 0 atom stereocenters. The Morgan fingerprint density at radius 2 is 1.80 bits per heavy atom. The number of sulfone groups is 1. The van der Waals surface area contributed by atoms with Crippen molar-refractivity contribution in [2.75, 3.05) is 23.7 Å². The van der Waals surface area contributed by atoms with Crippen LogP contribution in [0.2, 0.25) is 5.02 Å². The van der Waals surface area contributed by atoms with E-state index in [1.807, 2.05) is 24.8 Å². The number of ether oxygens (including phenoxy) is 1. The number of likely N-dealkylation sites (tertiary alicyclic amines) is 1. The van der Waals surface area contributed by atoms with Gasteiger partial charge in [-0.3, -0.25) is 4.79 Å². The van der Waals surface area contributed by atoms with Gasteiger partial charge in [0.15, 0.2) is 20.7 Å². The van der Waals surface area contributed by atoms with E-state index in [2.05, 4.69) is 38.6 Å². The average molecular weight is 601 g/mol. The summed E-state index contributed by atoms with van der Waals surface area (Å²) in [6, 6.07) is 7.34. The summed E-state index contributed by atoms with van der Waals surface area (Å²) in [4.78, 5) is 26.7. The number of pyridine rings is 1. The fourth-order valence-corrected chi connectivity index (χ4v) is 6.02. The van der Waals surface area contributed by atoms with Crippen LogP contribution in [0.15, 0.2) is 41.7 Å². The molecule has 3 heterocycles. The molecule has 2 N–H and O–H groups in total. The Kier molecular flexibility index (Phi) is 9.38. The molecule has 1 aliphatic rings. The van der Waals surface area contributed by atoms with Crippen LogP contribution in [0.1, 0.15) is 64.5 Å². The van der Waals surface area contributed by atoms with Gasteiger partial charge in [-0.25, -0.2) is 18.4 Å². The molecule has 41 heavy (non-hydrogen) atoms. The van der Waals surface area contributed by atoms with Gasteiger partial charge in [-0.05, 0) is 88.8 Å². The summed E-state index contributed by atoms with van der Waals surface area (Å²) in [5.74, 6) is 1.59. The fraction of sp³-hybridized carbons (Fsp3) is 0.448. The molecule has 1 saturated heterocycles. The number of amides is 1. The highest BCUT2D eigenvalue weighted by atomic mass is 35.5. The summed E-state index contributed by atoms with van der Waals surface area (Å²) >= 11 is 6.41. The zero-order valence-corrected chi connectivity index (χ0v) is 25.8. The number of hydrogen-bond acceptors (Lipinski definition) is 9. The van der Waals surface area contributed by atoms with Crippen LogP contribution < -0.4 is 15.4 Å². The second-order valence-electron chi connectivity index (χ2n) is 10.7. The molecule has 2 aromatic heterocycles. The molecule has 10 nitrogen and oxygen atoms in total. The first-order valence-corrected chi connectivity index (χ1v) is 15.6. The number of halogens is 1. The highest BCUT2D eigenvalue weighted by molar-refractivity contribution is 7.92. The summed E-state index contributed by atoms with van der Waals surface area (Å²) in [7, 11) is -3.65. The Hall–Kier alpha value is -3.44. The molecule has 0 bridgehead atoms. The predicted molar refractivity (Wildman–Crippen MR) is 161 cm³/mol. The number of piperidine rings is 1. The minimum absolute atomic E-state index is 0.0686. The standard InChI is InChI=1S/C29H37ClN6O4S/c1-17(2)40-26-15-22(21-9-12-36(13-10-21)20(6)37)19(5)14-25(26)34-29-32-16-23(30)27(35-29)33-24-8-7-11-31-28(24)41(38,39)18(3)4/h7-8,11,14-18,21H,9-10,12-13H2,1-6H3,(H2,32,33,34,35). The number of aromatic nitrogens is 3. The first kappa shape index (κ1) is 30.5. The molecule has 1 aromatic carbocycles. The van der Waals surface area contributed by atoms with Crippen LogP contribution in [-0.2, 0) is 14.6 Å². The maximum absolute atomic E-state index is 12.9. The molecule has 1 fully saturated rings. The normalized spacial score (nSPS) is 14.4. The van der Waals surface area contributed by atoms with Crippen LogP contribution >= 0.6 is 11.6 Å². The topological polar surface area (TPSA) is 126 Å². The maximum Gasteiger partial charge on any atom is 0.229 e. The lowest BCUT2D eigenvalue weighted by Gasteiger charge is -2.32. The van der Waals surface area contributed by atoms with E-state index in [0.717, 1.165) is 31.5 Å². The van der Waals surface area contributed by atoms with Crippen molar-refractivity contribution in [3.05, 3.63) is 52.8 Å². The van der Waals surface area contributed by atoms with E-state index in [1.165, 1.54) is 18.0 Å². The number of nitrogens with zero attached hydrogens (tertiary/aromatic N) is 4. The Labute approximate surface area is 246 Å². The van der Waals surface area contributed by atoms with E-state index in [0.29, 0.717) is 17.4 Å². The quantitative estimate of drug-likeness (QED) is 0.303. The third kappa shape index (κ3) is 7.08. The number of aryl methyl sites for hydroxylation is 1. The first-order valence-electron chi connectivity index (χ1n) is 13.7. The van der Waals surface area contributed by atoms with E-state index < -0.39 is 15.1 Å². The minimum Gasteiger partial charge on any atom is -0.489 e. The number of anilines is 4. The lowest BCUT2D eigenvalue weighted by molar-refractivity contribution is -0.129. The van der Waals surface area contributed by atoms with Crippen molar-refractivity contribution in [1.29, 1.82) is 0 Å². The lowest BCUT2D eigenvalue weighted by Crippen LogP contribution is -2.36. The van der Waals surface area contributed by atoms with Crippen LogP contribution in [0.25, 0.3) is 0 Å². The Morgan fingerprint density at radius 1 is 1.10 bits per heavy atom. The summed E-state index contributed by atoms with van der Waals surface area (Å²) < 4.78 is 31.9. The SMILES string of the molecule is CC(=O)N1CCC(c2cc(OC(C)C)c(Nc3ncc(Cl)c(Nc4cccnc4S(=O)(=O)C(C)C)n3)cc2C)CC1. The zero-order chi connectivity index (χ0) is 29.9. The van der Waals surface area contributed by atoms with Gasteiger partial charge in [-0.15, -0.1) is 0 Å². The van der Waals surface area contributed by atoms with Gasteiger partial charge in [-0.1, -0.05) is 11.6 Å². The molecule has 0 radical (unpaired) electrons. The molecule has 0 spiro atoms. The largest absolute Gasteiger partial charge is 0.489 e. The summed E-state index contributed by atoms with van der Waals surface area (Å²) in [6.45, 7) is 12.3. The van der Waals surface area contributed by atoms with E-state index in [-0.39, 0.29) is 39.5 Å². The highest BCUT2D eigenvalue weighted by Crippen LogP contribution is 2.38. The van der Waals surface area contributed by atoms with E-state index >= 15 is 0 Å². The van der Waals surface area contributed by atoms with Gasteiger partial charge in [-0.2, -0.15) is 4.98 Å². The van der Waals surface area contributed by atoms with E-state index in [4.69, 9.17) is 16.3 Å². The molecule has 3 aromatic rings. The second kappa shape index (κ2) is 12.6. The van der Waals surface area contributed by atoms with Crippen LogP contribution in [0, 0.1) is 6.92 Å². The smallest absolute Gasteiger partial charge is 0.229 e. The molecule has 1 amide bonds. The van der Waals surface area contributed by atoms with E-state index in [1.54, 1.807) is 32.9 Å². The summed E-state index contributed by atoms with van der Waals surface area (Å²) in [5, 5.41) is 5.77. The molecule has 1 aliphatic heterocycles. The zero-order valence-electron chi connectivity index (χ0n) is 24.2. The predicted octanol–water partition coefficient (Wildman–Crippen LogP) is 6.02. The number of benzene rings is 1.